The minimum atomic E-state index is 0.0326. The van der Waals surface area contributed by atoms with Crippen LogP contribution in [0.5, 0.6) is 0 Å². The fraction of sp³-hybridized carbons (Fsp3) is 0.652. The van der Waals surface area contributed by atoms with E-state index >= 15 is 0 Å². The molecule has 1 aromatic carbocycles. The number of benzene rings is 1. The Morgan fingerprint density at radius 1 is 1.03 bits per heavy atom. The third-order valence-electron chi connectivity index (χ3n) is 6.12. The average Bonchev–Trinajstić information content (AvgIpc) is 2.77. The molecule has 0 saturated carbocycles. The van der Waals surface area contributed by atoms with Crippen molar-refractivity contribution < 1.29 is 9.59 Å². The number of hydrogen-bond acceptors (Lipinski definition) is 5. The first-order chi connectivity index (χ1) is 14.5. The lowest BCUT2D eigenvalue weighted by Gasteiger charge is -2.33. The maximum atomic E-state index is 13.2. The van der Waals surface area contributed by atoms with Crippen LogP contribution in [-0.2, 0) is 4.79 Å². The molecule has 0 aromatic heterocycles. The largest absolute Gasteiger partial charge is 0.340 e. The van der Waals surface area contributed by atoms with E-state index in [1.54, 1.807) is 0 Å². The number of amides is 2. The molecule has 0 aliphatic carbocycles. The van der Waals surface area contributed by atoms with Crippen LogP contribution in [0, 0.1) is 6.92 Å². The molecular weight excluding hydrogens is 378 g/mol. The fourth-order valence-corrected chi connectivity index (χ4v) is 4.14. The van der Waals surface area contributed by atoms with Gasteiger partial charge in [-0.25, -0.2) is 0 Å². The second kappa shape index (κ2) is 11.4. The molecule has 7 nitrogen and oxygen atoms in total. The third-order valence-corrected chi connectivity index (χ3v) is 6.12. The SMILES string of the molecule is Cc1cccc(C(=O)N(CCCN2CCN(C)CC2)CCC(=O)N2CCNCC2)c1. The molecule has 1 N–H and O–H groups in total. The minimum Gasteiger partial charge on any atom is -0.340 e. The number of rotatable bonds is 8. The van der Waals surface area contributed by atoms with Crippen LogP contribution >= 0.6 is 0 Å². The van der Waals surface area contributed by atoms with Crippen LogP contribution < -0.4 is 5.32 Å². The van der Waals surface area contributed by atoms with E-state index in [9.17, 15) is 9.59 Å². The summed E-state index contributed by atoms with van der Waals surface area (Å²) in [5.41, 5.74) is 1.79. The van der Waals surface area contributed by atoms with Crippen LogP contribution in [0.1, 0.15) is 28.8 Å². The van der Waals surface area contributed by atoms with E-state index < -0.39 is 0 Å². The van der Waals surface area contributed by atoms with Gasteiger partial charge < -0.3 is 24.9 Å². The number of nitrogens with zero attached hydrogens (tertiary/aromatic N) is 4. The number of piperazine rings is 2. The Kier molecular flexibility index (Phi) is 8.66. The molecule has 30 heavy (non-hydrogen) atoms. The van der Waals surface area contributed by atoms with Gasteiger partial charge in [-0.2, -0.15) is 0 Å². The molecular formula is C23H37N5O2. The predicted molar refractivity (Wildman–Crippen MR) is 120 cm³/mol. The summed E-state index contributed by atoms with van der Waals surface area (Å²) in [5.74, 6) is 0.183. The molecule has 2 fully saturated rings. The number of carbonyl (C=O) groups is 2. The smallest absolute Gasteiger partial charge is 0.253 e. The van der Waals surface area contributed by atoms with Crippen molar-refractivity contribution >= 4 is 11.8 Å². The molecule has 2 aliphatic heterocycles. The molecule has 166 valence electrons. The van der Waals surface area contributed by atoms with Gasteiger partial charge in [-0.3, -0.25) is 9.59 Å². The molecule has 2 aliphatic rings. The van der Waals surface area contributed by atoms with E-state index in [1.807, 2.05) is 41.0 Å². The molecule has 0 bridgehead atoms. The minimum absolute atomic E-state index is 0.0326. The van der Waals surface area contributed by atoms with Gasteiger partial charge in [-0.1, -0.05) is 17.7 Å². The highest BCUT2D eigenvalue weighted by atomic mass is 16.2. The zero-order valence-corrected chi connectivity index (χ0v) is 18.6. The predicted octanol–water partition coefficient (Wildman–Crippen LogP) is 0.897. The van der Waals surface area contributed by atoms with Crippen LogP contribution in [0.3, 0.4) is 0 Å². The molecule has 7 heteroatoms. The van der Waals surface area contributed by atoms with Gasteiger partial charge in [0.15, 0.2) is 0 Å². The number of hydrogen-bond donors (Lipinski definition) is 1. The Morgan fingerprint density at radius 3 is 2.47 bits per heavy atom. The summed E-state index contributed by atoms with van der Waals surface area (Å²) < 4.78 is 0. The lowest BCUT2D eigenvalue weighted by Crippen LogP contribution is -2.47. The number of likely N-dealkylation sites (N-methyl/N-ethyl adjacent to an activating group) is 1. The van der Waals surface area contributed by atoms with Gasteiger partial charge in [0, 0.05) is 77.4 Å². The maximum Gasteiger partial charge on any atom is 0.253 e. The highest BCUT2D eigenvalue weighted by Gasteiger charge is 2.21. The molecule has 2 saturated heterocycles. The molecule has 2 heterocycles. The number of carbonyl (C=O) groups excluding carboxylic acids is 2. The first-order valence-electron chi connectivity index (χ1n) is 11.3. The summed E-state index contributed by atoms with van der Waals surface area (Å²) in [5, 5.41) is 3.28. The van der Waals surface area contributed by atoms with E-state index in [1.165, 1.54) is 0 Å². The highest BCUT2D eigenvalue weighted by Crippen LogP contribution is 2.11. The Balaban J connectivity index is 1.56. The van der Waals surface area contributed by atoms with Crippen molar-refractivity contribution in [1.29, 1.82) is 0 Å². The zero-order valence-electron chi connectivity index (χ0n) is 18.6. The van der Waals surface area contributed by atoms with Gasteiger partial charge >= 0.3 is 0 Å². The van der Waals surface area contributed by atoms with Gasteiger partial charge in [0.1, 0.15) is 0 Å². The van der Waals surface area contributed by atoms with E-state index in [4.69, 9.17) is 0 Å². The van der Waals surface area contributed by atoms with Gasteiger partial charge in [0.25, 0.3) is 5.91 Å². The van der Waals surface area contributed by atoms with Crippen molar-refractivity contribution in [3.05, 3.63) is 35.4 Å². The molecule has 0 atom stereocenters. The summed E-state index contributed by atoms with van der Waals surface area (Å²) in [6.07, 6.45) is 1.33. The van der Waals surface area contributed by atoms with Crippen molar-refractivity contribution in [2.75, 3.05) is 79.0 Å². The second-order valence-electron chi connectivity index (χ2n) is 8.54. The Hall–Kier alpha value is -1.96. The summed E-state index contributed by atoms with van der Waals surface area (Å²) in [7, 11) is 2.16. The molecule has 1 aromatic rings. The van der Waals surface area contributed by atoms with Gasteiger partial charge in [-0.15, -0.1) is 0 Å². The van der Waals surface area contributed by atoms with Gasteiger partial charge in [0.2, 0.25) is 5.91 Å². The molecule has 2 amide bonds. The van der Waals surface area contributed by atoms with Crippen molar-refractivity contribution in [1.82, 2.24) is 24.9 Å². The molecule has 0 radical (unpaired) electrons. The van der Waals surface area contributed by atoms with E-state index in [0.29, 0.717) is 25.1 Å². The average molecular weight is 416 g/mol. The summed E-state index contributed by atoms with van der Waals surface area (Å²) in [6, 6.07) is 7.74. The lowest BCUT2D eigenvalue weighted by molar-refractivity contribution is -0.131. The van der Waals surface area contributed by atoms with Crippen LogP contribution in [0.25, 0.3) is 0 Å². The van der Waals surface area contributed by atoms with Crippen molar-refractivity contribution in [3.63, 3.8) is 0 Å². The van der Waals surface area contributed by atoms with Gasteiger partial charge in [-0.05, 0) is 39.1 Å². The monoisotopic (exact) mass is 415 g/mol. The summed E-state index contributed by atoms with van der Waals surface area (Å²) in [6.45, 7) is 11.8. The Labute approximate surface area is 181 Å². The molecule has 3 rings (SSSR count). The lowest BCUT2D eigenvalue weighted by atomic mass is 10.1. The Bertz CT molecular complexity index is 697. The first-order valence-corrected chi connectivity index (χ1v) is 11.3. The van der Waals surface area contributed by atoms with E-state index in [2.05, 4.69) is 22.2 Å². The summed E-state index contributed by atoms with van der Waals surface area (Å²) >= 11 is 0. The van der Waals surface area contributed by atoms with E-state index in [-0.39, 0.29) is 11.8 Å². The highest BCUT2D eigenvalue weighted by molar-refractivity contribution is 5.94. The summed E-state index contributed by atoms with van der Waals surface area (Å²) in [4.78, 5) is 34.4. The van der Waals surface area contributed by atoms with Crippen molar-refractivity contribution in [2.45, 2.75) is 19.8 Å². The van der Waals surface area contributed by atoms with Gasteiger partial charge in [0.05, 0.1) is 0 Å². The first kappa shape index (κ1) is 22.7. The van der Waals surface area contributed by atoms with Crippen LogP contribution in [0.4, 0.5) is 0 Å². The standard InChI is InChI=1S/C23H37N5O2/c1-20-5-3-6-21(19-20)23(30)28(11-4-10-26-17-15-25(2)16-18-26)12-7-22(29)27-13-8-24-9-14-27/h3,5-6,19,24H,4,7-18H2,1-2H3. The van der Waals surface area contributed by atoms with Crippen molar-refractivity contribution in [3.8, 4) is 0 Å². The number of nitrogens with one attached hydrogen (secondary N) is 1. The van der Waals surface area contributed by atoms with Crippen LogP contribution in [-0.4, -0.2) is 110 Å². The Morgan fingerprint density at radius 2 is 1.77 bits per heavy atom. The fourth-order valence-electron chi connectivity index (χ4n) is 4.14. The van der Waals surface area contributed by atoms with Crippen LogP contribution in [0.2, 0.25) is 0 Å². The molecule has 0 spiro atoms. The quantitative estimate of drug-likeness (QED) is 0.684. The molecule has 0 unspecified atom stereocenters. The zero-order chi connectivity index (χ0) is 21.3. The normalized spacial score (nSPS) is 18.4. The third kappa shape index (κ3) is 6.79. The van der Waals surface area contributed by atoms with Crippen molar-refractivity contribution in [2.24, 2.45) is 0 Å². The van der Waals surface area contributed by atoms with E-state index in [0.717, 1.165) is 70.9 Å². The topological polar surface area (TPSA) is 59.1 Å². The number of aryl methyl sites for hydroxylation is 1. The second-order valence-corrected chi connectivity index (χ2v) is 8.54. The maximum absolute atomic E-state index is 13.2. The van der Waals surface area contributed by atoms with Crippen LogP contribution in [0.15, 0.2) is 24.3 Å².